The molecule has 0 aliphatic heterocycles. The van der Waals surface area contributed by atoms with Crippen LogP contribution in [0, 0.1) is 11.3 Å². The van der Waals surface area contributed by atoms with Crippen molar-refractivity contribution in [2.24, 2.45) is 0 Å². The standard InChI is InChI=1S/C17H14F3NO3S/c1-16(2,13-6-3-5-12(9-13)11-21)14-7-4-8-15(10-14)24-25(22,23)17(18,19)20/h3-10H,1-2H3. The topological polar surface area (TPSA) is 67.2 Å². The average molecular weight is 369 g/mol. The number of nitriles is 1. The Morgan fingerprint density at radius 2 is 1.56 bits per heavy atom. The van der Waals surface area contributed by atoms with E-state index in [2.05, 4.69) is 4.18 Å². The van der Waals surface area contributed by atoms with Crippen LogP contribution >= 0.6 is 0 Å². The van der Waals surface area contributed by atoms with Gasteiger partial charge in [-0.2, -0.15) is 26.9 Å². The second-order valence-corrected chi connectivity index (χ2v) is 7.37. The fourth-order valence-corrected chi connectivity index (χ4v) is 2.71. The van der Waals surface area contributed by atoms with Gasteiger partial charge in [-0.25, -0.2) is 0 Å². The molecule has 2 rings (SSSR count). The largest absolute Gasteiger partial charge is 0.534 e. The Balaban J connectivity index is 2.42. The third-order valence-electron chi connectivity index (χ3n) is 3.76. The van der Waals surface area contributed by atoms with E-state index < -0.39 is 26.8 Å². The average Bonchev–Trinajstić information content (AvgIpc) is 2.53. The Morgan fingerprint density at radius 1 is 1.00 bits per heavy atom. The van der Waals surface area contributed by atoms with Crippen LogP contribution in [0.4, 0.5) is 13.2 Å². The molecule has 0 amide bonds. The first kappa shape index (κ1) is 18.8. The van der Waals surface area contributed by atoms with Crippen LogP contribution < -0.4 is 4.18 Å². The molecule has 0 N–H and O–H groups in total. The Bertz CT molecular complexity index is 929. The molecule has 0 unspecified atom stereocenters. The zero-order chi connectivity index (χ0) is 18.9. The van der Waals surface area contributed by atoms with Crippen molar-refractivity contribution in [3.63, 3.8) is 0 Å². The summed E-state index contributed by atoms with van der Waals surface area (Å²) in [7, 11) is -5.73. The second-order valence-electron chi connectivity index (χ2n) is 5.83. The molecule has 0 aromatic heterocycles. The van der Waals surface area contributed by atoms with Crippen molar-refractivity contribution in [2.75, 3.05) is 0 Å². The van der Waals surface area contributed by atoms with Crippen LogP contribution in [-0.4, -0.2) is 13.9 Å². The highest BCUT2D eigenvalue weighted by Crippen LogP contribution is 2.35. The Hall–Kier alpha value is -2.53. The van der Waals surface area contributed by atoms with Gasteiger partial charge < -0.3 is 4.18 Å². The number of hydrogen-bond donors (Lipinski definition) is 0. The van der Waals surface area contributed by atoms with Gasteiger partial charge in [-0.15, -0.1) is 0 Å². The number of rotatable bonds is 4. The third-order valence-corrected chi connectivity index (χ3v) is 4.74. The maximum atomic E-state index is 12.5. The van der Waals surface area contributed by atoms with Gasteiger partial charge in [0.2, 0.25) is 0 Å². The van der Waals surface area contributed by atoms with Gasteiger partial charge >= 0.3 is 15.6 Å². The Morgan fingerprint density at radius 3 is 2.12 bits per heavy atom. The highest BCUT2D eigenvalue weighted by atomic mass is 32.2. The molecular weight excluding hydrogens is 355 g/mol. The smallest absolute Gasteiger partial charge is 0.376 e. The maximum Gasteiger partial charge on any atom is 0.534 e. The van der Waals surface area contributed by atoms with Crippen LogP contribution in [0.25, 0.3) is 0 Å². The fraction of sp³-hybridized carbons (Fsp3) is 0.235. The third kappa shape index (κ3) is 3.94. The molecule has 0 aliphatic carbocycles. The van der Waals surface area contributed by atoms with E-state index in [1.807, 2.05) is 6.07 Å². The van der Waals surface area contributed by atoms with Crippen molar-refractivity contribution in [1.82, 2.24) is 0 Å². The van der Waals surface area contributed by atoms with Crippen molar-refractivity contribution in [1.29, 1.82) is 5.26 Å². The molecule has 0 spiro atoms. The molecule has 0 radical (unpaired) electrons. The van der Waals surface area contributed by atoms with Gasteiger partial charge in [0.25, 0.3) is 0 Å². The van der Waals surface area contributed by atoms with E-state index in [-0.39, 0.29) is 0 Å². The first-order valence-corrected chi connectivity index (χ1v) is 8.50. The summed E-state index contributed by atoms with van der Waals surface area (Å²) in [4.78, 5) is 0. The molecule has 2 aromatic rings. The normalized spacial score (nSPS) is 12.5. The van der Waals surface area contributed by atoms with Crippen LogP contribution in [0.5, 0.6) is 5.75 Å². The van der Waals surface area contributed by atoms with Crippen molar-refractivity contribution >= 4 is 10.1 Å². The number of nitrogens with zero attached hydrogens (tertiary/aromatic N) is 1. The van der Waals surface area contributed by atoms with E-state index in [1.54, 1.807) is 44.2 Å². The quantitative estimate of drug-likeness (QED) is 0.601. The van der Waals surface area contributed by atoms with Crippen LogP contribution in [0.15, 0.2) is 48.5 Å². The van der Waals surface area contributed by atoms with Gasteiger partial charge in [-0.05, 0) is 35.4 Å². The molecule has 0 saturated heterocycles. The van der Waals surface area contributed by atoms with Crippen LogP contribution in [0.1, 0.15) is 30.5 Å². The van der Waals surface area contributed by atoms with Gasteiger partial charge in [0.1, 0.15) is 5.75 Å². The summed E-state index contributed by atoms with van der Waals surface area (Å²) in [6.07, 6.45) is 0. The summed E-state index contributed by atoms with van der Waals surface area (Å²) in [5.74, 6) is -0.431. The SMILES string of the molecule is CC(C)(c1cccc(C#N)c1)c1cccc(OS(=O)(=O)C(F)(F)F)c1. The Kier molecular flexibility index (Phi) is 4.82. The van der Waals surface area contributed by atoms with Crippen molar-refractivity contribution in [3.8, 4) is 11.8 Å². The van der Waals surface area contributed by atoms with E-state index in [0.717, 1.165) is 11.6 Å². The van der Waals surface area contributed by atoms with Gasteiger partial charge in [0.05, 0.1) is 11.6 Å². The van der Waals surface area contributed by atoms with Gasteiger partial charge in [0, 0.05) is 5.41 Å². The predicted octanol–water partition coefficient (Wildman–Crippen LogP) is 4.11. The van der Waals surface area contributed by atoms with Crippen molar-refractivity contribution < 1.29 is 25.8 Å². The fourth-order valence-electron chi connectivity index (χ4n) is 2.25. The zero-order valence-corrected chi connectivity index (χ0v) is 14.1. The lowest BCUT2D eigenvalue weighted by Crippen LogP contribution is -2.28. The molecule has 0 bridgehead atoms. The monoisotopic (exact) mass is 369 g/mol. The molecule has 0 atom stereocenters. The lowest BCUT2D eigenvalue weighted by Gasteiger charge is -2.26. The second kappa shape index (κ2) is 6.41. The minimum absolute atomic E-state index is 0.431. The summed E-state index contributed by atoms with van der Waals surface area (Å²) in [6, 6.07) is 14.2. The van der Waals surface area contributed by atoms with Crippen molar-refractivity contribution in [2.45, 2.75) is 24.8 Å². The number of halogens is 3. The summed E-state index contributed by atoms with van der Waals surface area (Å²) in [5.41, 5.74) is -4.45. The minimum Gasteiger partial charge on any atom is -0.376 e. The summed E-state index contributed by atoms with van der Waals surface area (Å²) in [5, 5.41) is 9.00. The molecule has 2 aromatic carbocycles. The molecule has 0 aliphatic rings. The number of benzene rings is 2. The van der Waals surface area contributed by atoms with Crippen LogP contribution in [-0.2, 0) is 15.5 Å². The van der Waals surface area contributed by atoms with E-state index >= 15 is 0 Å². The van der Waals surface area contributed by atoms with Gasteiger partial charge in [0.15, 0.2) is 0 Å². The predicted molar refractivity (Wildman–Crippen MR) is 85.3 cm³/mol. The lowest BCUT2D eigenvalue weighted by molar-refractivity contribution is -0.0500. The summed E-state index contributed by atoms with van der Waals surface area (Å²) in [6.45, 7) is 3.61. The number of hydrogen-bond acceptors (Lipinski definition) is 4. The molecular formula is C17H14F3NO3S. The van der Waals surface area contributed by atoms with E-state index in [1.165, 1.54) is 12.1 Å². The summed E-state index contributed by atoms with van der Waals surface area (Å²) < 4.78 is 63.9. The molecule has 25 heavy (non-hydrogen) atoms. The zero-order valence-electron chi connectivity index (χ0n) is 13.3. The van der Waals surface area contributed by atoms with Gasteiger partial charge in [-0.3, -0.25) is 0 Å². The minimum atomic E-state index is -5.73. The van der Waals surface area contributed by atoms with Crippen LogP contribution in [0.2, 0.25) is 0 Å². The van der Waals surface area contributed by atoms with E-state index in [9.17, 15) is 21.6 Å². The molecule has 0 heterocycles. The lowest BCUT2D eigenvalue weighted by atomic mass is 9.78. The first-order valence-electron chi connectivity index (χ1n) is 7.09. The Labute approximate surface area is 143 Å². The molecule has 8 heteroatoms. The summed E-state index contributed by atoms with van der Waals surface area (Å²) >= 11 is 0. The number of alkyl halides is 3. The molecule has 4 nitrogen and oxygen atoms in total. The maximum absolute atomic E-state index is 12.5. The molecule has 0 saturated carbocycles. The van der Waals surface area contributed by atoms with Gasteiger partial charge in [-0.1, -0.05) is 38.1 Å². The highest BCUT2D eigenvalue weighted by molar-refractivity contribution is 7.88. The van der Waals surface area contributed by atoms with Crippen molar-refractivity contribution in [3.05, 3.63) is 65.2 Å². The van der Waals surface area contributed by atoms with E-state index in [0.29, 0.717) is 11.1 Å². The first-order chi connectivity index (χ1) is 11.5. The highest BCUT2D eigenvalue weighted by Gasteiger charge is 2.48. The van der Waals surface area contributed by atoms with Crippen LogP contribution in [0.3, 0.4) is 0 Å². The van der Waals surface area contributed by atoms with E-state index in [4.69, 9.17) is 5.26 Å². The molecule has 132 valence electrons. The molecule has 0 fully saturated rings.